The van der Waals surface area contributed by atoms with Crippen molar-refractivity contribution < 1.29 is 4.79 Å². The first kappa shape index (κ1) is 8.53. The monoisotopic (exact) mass is 156 g/mol. The second-order valence-corrected chi connectivity index (χ2v) is 3.20. The molecule has 64 valence electrons. The molecule has 0 heterocycles. The van der Waals surface area contributed by atoms with Gasteiger partial charge < -0.3 is 11.1 Å². The number of amides is 1. The summed E-state index contributed by atoms with van der Waals surface area (Å²) >= 11 is 0. The largest absolute Gasteiger partial charge is 0.369 e. The molecule has 0 radical (unpaired) electrons. The first-order valence-corrected chi connectivity index (χ1v) is 4.25. The summed E-state index contributed by atoms with van der Waals surface area (Å²) in [5.41, 5.74) is 5.01. The lowest BCUT2D eigenvalue weighted by atomic mass is 10.1. The summed E-state index contributed by atoms with van der Waals surface area (Å²) in [4.78, 5) is 10.4. The van der Waals surface area contributed by atoms with Gasteiger partial charge in [-0.15, -0.1) is 0 Å². The van der Waals surface area contributed by atoms with Gasteiger partial charge in [0.05, 0.1) is 6.54 Å². The third kappa shape index (κ3) is 2.89. The van der Waals surface area contributed by atoms with Crippen LogP contribution < -0.4 is 11.1 Å². The van der Waals surface area contributed by atoms with Crippen LogP contribution in [0.25, 0.3) is 0 Å². The fourth-order valence-corrected chi connectivity index (χ4v) is 1.37. The number of hydrogen-bond donors (Lipinski definition) is 2. The Morgan fingerprint density at radius 3 is 2.73 bits per heavy atom. The molecule has 1 aliphatic carbocycles. The zero-order chi connectivity index (χ0) is 8.27. The number of hydrogen-bond acceptors (Lipinski definition) is 2. The lowest BCUT2D eigenvalue weighted by molar-refractivity contribution is -0.117. The summed E-state index contributed by atoms with van der Waals surface area (Å²) in [6.07, 6.45) is 3.71. The van der Waals surface area contributed by atoms with Gasteiger partial charge in [0, 0.05) is 6.04 Å². The van der Waals surface area contributed by atoms with Gasteiger partial charge in [0.25, 0.3) is 0 Å². The van der Waals surface area contributed by atoms with Crippen LogP contribution in [0.4, 0.5) is 0 Å². The molecule has 1 unspecified atom stereocenters. The van der Waals surface area contributed by atoms with Gasteiger partial charge in [-0.25, -0.2) is 0 Å². The van der Waals surface area contributed by atoms with E-state index in [0.29, 0.717) is 12.6 Å². The molecule has 0 bridgehead atoms. The lowest BCUT2D eigenvalue weighted by Gasteiger charge is -2.13. The first-order valence-electron chi connectivity index (χ1n) is 4.25. The van der Waals surface area contributed by atoms with Crippen LogP contribution in [-0.2, 0) is 4.79 Å². The highest BCUT2D eigenvalue weighted by molar-refractivity contribution is 5.75. The Labute approximate surface area is 67.3 Å². The van der Waals surface area contributed by atoms with Crippen LogP contribution in [-0.4, -0.2) is 18.5 Å². The number of carbonyl (C=O) groups excluding carboxylic acids is 1. The highest BCUT2D eigenvalue weighted by Gasteiger charge is 2.29. The van der Waals surface area contributed by atoms with E-state index in [2.05, 4.69) is 12.2 Å². The van der Waals surface area contributed by atoms with E-state index in [1.165, 1.54) is 12.8 Å². The molecule has 1 rings (SSSR count). The molecule has 0 aromatic carbocycles. The van der Waals surface area contributed by atoms with Crippen LogP contribution in [0.3, 0.4) is 0 Å². The Hall–Kier alpha value is -0.570. The SMILES string of the molecule is CCC(NCC(N)=O)C1CC1. The van der Waals surface area contributed by atoms with Gasteiger partial charge in [0.15, 0.2) is 0 Å². The molecule has 0 spiro atoms. The lowest BCUT2D eigenvalue weighted by Crippen LogP contribution is -2.37. The molecule has 0 aliphatic heterocycles. The summed E-state index contributed by atoms with van der Waals surface area (Å²) in [5, 5.41) is 3.16. The second-order valence-electron chi connectivity index (χ2n) is 3.20. The Balaban J connectivity index is 2.15. The molecule has 3 N–H and O–H groups in total. The van der Waals surface area contributed by atoms with Crippen LogP contribution in [0.1, 0.15) is 26.2 Å². The standard InChI is InChI=1S/C8H16N2O/c1-2-7(6-3-4-6)10-5-8(9)11/h6-7,10H,2-5H2,1H3,(H2,9,11). The van der Waals surface area contributed by atoms with Gasteiger partial charge in [-0.05, 0) is 25.2 Å². The maximum absolute atomic E-state index is 10.4. The van der Waals surface area contributed by atoms with Crippen molar-refractivity contribution in [1.29, 1.82) is 0 Å². The molecule has 1 amide bonds. The van der Waals surface area contributed by atoms with Crippen molar-refractivity contribution in [2.24, 2.45) is 11.7 Å². The third-order valence-electron chi connectivity index (χ3n) is 2.17. The average molecular weight is 156 g/mol. The number of nitrogens with two attached hydrogens (primary N) is 1. The van der Waals surface area contributed by atoms with Crippen LogP contribution in [0, 0.1) is 5.92 Å². The van der Waals surface area contributed by atoms with E-state index in [1.807, 2.05) is 0 Å². The van der Waals surface area contributed by atoms with Crippen LogP contribution in [0.5, 0.6) is 0 Å². The Morgan fingerprint density at radius 2 is 2.36 bits per heavy atom. The molecule has 1 aliphatic rings. The van der Waals surface area contributed by atoms with Crippen LogP contribution >= 0.6 is 0 Å². The molecule has 1 saturated carbocycles. The normalized spacial score (nSPS) is 19.7. The molecule has 3 nitrogen and oxygen atoms in total. The van der Waals surface area contributed by atoms with Crippen molar-refractivity contribution in [2.45, 2.75) is 32.2 Å². The van der Waals surface area contributed by atoms with Crippen molar-refractivity contribution >= 4 is 5.91 Å². The maximum atomic E-state index is 10.4. The molecule has 11 heavy (non-hydrogen) atoms. The zero-order valence-electron chi connectivity index (χ0n) is 6.97. The molecule has 1 atom stereocenters. The molecular weight excluding hydrogens is 140 g/mol. The van der Waals surface area contributed by atoms with Gasteiger partial charge in [0.1, 0.15) is 0 Å². The minimum absolute atomic E-state index is 0.260. The van der Waals surface area contributed by atoms with E-state index in [4.69, 9.17) is 5.73 Å². The number of rotatable bonds is 5. The quantitative estimate of drug-likeness (QED) is 0.599. The summed E-state index contributed by atoms with van der Waals surface area (Å²) in [5.74, 6) is 0.545. The number of nitrogens with one attached hydrogen (secondary N) is 1. The fourth-order valence-electron chi connectivity index (χ4n) is 1.37. The van der Waals surface area contributed by atoms with E-state index in [-0.39, 0.29) is 5.91 Å². The molecular formula is C8H16N2O. The molecule has 1 fully saturated rings. The van der Waals surface area contributed by atoms with E-state index in [1.54, 1.807) is 0 Å². The van der Waals surface area contributed by atoms with Crippen LogP contribution in [0.15, 0.2) is 0 Å². The molecule has 3 heteroatoms. The van der Waals surface area contributed by atoms with Crippen molar-refractivity contribution in [3.8, 4) is 0 Å². The Bertz CT molecular complexity index is 143. The minimum Gasteiger partial charge on any atom is -0.369 e. The Morgan fingerprint density at radius 1 is 1.73 bits per heavy atom. The Kier molecular flexibility index (Phi) is 2.88. The summed E-state index contributed by atoms with van der Waals surface area (Å²) < 4.78 is 0. The molecule has 0 aromatic heterocycles. The fraction of sp³-hybridized carbons (Fsp3) is 0.875. The smallest absolute Gasteiger partial charge is 0.231 e. The molecule has 0 aromatic rings. The van der Waals surface area contributed by atoms with Crippen LogP contribution in [0.2, 0.25) is 0 Å². The number of carbonyl (C=O) groups is 1. The summed E-state index contributed by atoms with van der Waals surface area (Å²) in [6.45, 7) is 2.46. The highest BCUT2D eigenvalue weighted by Crippen LogP contribution is 2.33. The van der Waals surface area contributed by atoms with Crippen molar-refractivity contribution in [2.75, 3.05) is 6.54 Å². The van der Waals surface area contributed by atoms with Crippen molar-refractivity contribution in [3.63, 3.8) is 0 Å². The van der Waals surface area contributed by atoms with E-state index < -0.39 is 0 Å². The minimum atomic E-state index is -0.260. The van der Waals surface area contributed by atoms with Gasteiger partial charge in [-0.3, -0.25) is 4.79 Å². The first-order chi connectivity index (χ1) is 5.24. The topological polar surface area (TPSA) is 55.1 Å². The van der Waals surface area contributed by atoms with Gasteiger partial charge in [0.2, 0.25) is 5.91 Å². The van der Waals surface area contributed by atoms with Gasteiger partial charge >= 0.3 is 0 Å². The van der Waals surface area contributed by atoms with Crippen molar-refractivity contribution in [3.05, 3.63) is 0 Å². The van der Waals surface area contributed by atoms with Gasteiger partial charge in [-0.1, -0.05) is 6.92 Å². The average Bonchev–Trinajstić information content (AvgIpc) is 2.72. The van der Waals surface area contributed by atoms with Crippen molar-refractivity contribution in [1.82, 2.24) is 5.32 Å². The number of primary amides is 1. The van der Waals surface area contributed by atoms with E-state index in [0.717, 1.165) is 12.3 Å². The maximum Gasteiger partial charge on any atom is 0.231 e. The van der Waals surface area contributed by atoms with E-state index >= 15 is 0 Å². The predicted octanol–water partition coefficient (Wildman–Crippen LogP) is 0.250. The van der Waals surface area contributed by atoms with Gasteiger partial charge in [-0.2, -0.15) is 0 Å². The molecule has 0 saturated heterocycles. The second kappa shape index (κ2) is 3.72. The zero-order valence-corrected chi connectivity index (χ0v) is 6.97. The predicted molar refractivity (Wildman–Crippen MR) is 44.0 cm³/mol. The highest BCUT2D eigenvalue weighted by atomic mass is 16.1. The summed E-state index contributed by atoms with van der Waals surface area (Å²) in [6, 6.07) is 0.516. The van der Waals surface area contributed by atoms with E-state index in [9.17, 15) is 4.79 Å². The summed E-state index contributed by atoms with van der Waals surface area (Å²) in [7, 11) is 0. The third-order valence-corrected chi connectivity index (χ3v) is 2.17.